The summed E-state index contributed by atoms with van der Waals surface area (Å²) in [5, 5.41) is 8.73. The first-order valence-electron chi connectivity index (χ1n) is 21.0. The van der Waals surface area contributed by atoms with E-state index >= 15 is 0 Å². The minimum absolute atomic E-state index is 0.0808. The Morgan fingerprint density at radius 1 is 0.593 bits per heavy atom. The Morgan fingerprint density at radius 2 is 1.00 bits per heavy atom. The quantitative estimate of drug-likeness (QED) is 0.228. The summed E-state index contributed by atoms with van der Waals surface area (Å²) in [6, 6.07) is 30.3. The molecule has 3 aromatic rings. The summed E-state index contributed by atoms with van der Waals surface area (Å²) in [6.07, 6.45) is 5.39. The Kier molecular flexibility index (Phi) is 19.2. The highest BCUT2D eigenvalue weighted by Gasteiger charge is 2.32. The lowest BCUT2D eigenvalue weighted by atomic mass is 9.95. The van der Waals surface area contributed by atoms with Gasteiger partial charge in [-0.2, -0.15) is 0 Å². The molecule has 3 heterocycles. The zero-order chi connectivity index (χ0) is 42.6. The van der Waals surface area contributed by atoms with Crippen LogP contribution in [0.5, 0.6) is 0 Å². The van der Waals surface area contributed by atoms with Crippen LogP contribution in [-0.4, -0.2) is 123 Å². The van der Waals surface area contributed by atoms with Gasteiger partial charge in [-0.15, -0.1) is 0 Å². The minimum Gasteiger partial charge on any atom is -0.481 e. The average Bonchev–Trinajstić information content (AvgIpc) is 3.29. The van der Waals surface area contributed by atoms with Crippen LogP contribution in [0.3, 0.4) is 0 Å². The van der Waals surface area contributed by atoms with Gasteiger partial charge in [-0.05, 0) is 95.2 Å². The third kappa shape index (κ3) is 14.1. The van der Waals surface area contributed by atoms with Gasteiger partial charge < -0.3 is 39.1 Å². The standard InChI is InChI=1S/C22H28N2O.C16H22N2O3.C8H13NO4/c1-2-24(21-13-7-4-8-14-21)22(25)20-12-9-16-23(18-20)17-15-19-10-5-3-6-11-19;1-3-18(14-9-5-4-6-10-14)15(19)13-8-7-11-17(12-13)16(20)21-2;1-13-8(12)9-4-2-3-6(5-9)7(10)11/h3-8,10-11,13-14,20H,2,9,12,15-18H2,1H3;4-6,9-10,13H,3,7-8,11-12H2,1-2H3;6H,2-5H2,1H3,(H,10,11). The van der Waals surface area contributed by atoms with E-state index in [2.05, 4.69) is 46.9 Å². The van der Waals surface area contributed by atoms with Gasteiger partial charge in [0.1, 0.15) is 0 Å². The van der Waals surface area contributed by atoms with Gasteiger partial charge >= 0.3 is 18.2 Å². The molecule has 6 rings (SSSR count). The number of carbonyl (C=O) groups is 5. The van der Waals surface area contributed by atoms with Crippen molar-refractivity contribution in [2.24, 2.45) is 17.8 Å². The summed E-state index contributed by atoms with van der Waals surface area (Å²) in [4.78, 5) is 68.3. The Balaban J connectivity index is 0.000000205. The monoisotopic (exact) mass is 813 g/mol. The smallest absolute Gasteiger partial charge is 0.409 e. The number of amides is 4. The first-order valence-corrected chi connectivity index (χ1v) is 21.0. The molecule has 0 bridgehead atoms. The van der Waals surface area contributed by atoms with Gasteiger partial charge in [-0.3, -0.25) is 14.4 Å². The SMILES string of the molecule is CCN(C(=O)C1CCCN(C(=O)OC)C1)c1ccccc1.CCN(C(=O)C1CCCN(CCc2ccccc2)C1)c1ccccc1.COC(=O)N1CCCC(C(=O)O)C1. The van der Waals surface area contributed by atoms with E-state index in [-0.39, 0.29) is 36.3 Å². The molecule has 13 nitrogen and oxygen atoms in total. The first-order chi connectivity index (χ1) is 28.6. The number of aliphatic carboxylic acids is 1. The van der Waals surface area contributed by atoms with Gasteiger partial charge in [-0.25, -0.2) is 9.59 Å². The number of rotatable bonds is 10. The minimum atomic E-state index is -0.839. The lowest BCUT2D eigenvalue weighted by Crippen LogP contribution is -2.46. The number of anilines is 2. The van der Waals surface area contributed by atoms with Crippen LogP contribution >= 0.6 is 0 Å². The second kappa shape index (κ2) is 24.5. The molecule has 3 aromatic carbocycles. The maximum atomic E-state index is 13.0. The number of piperidine rings is 3. The number of carbonyl (C=O) groups excluding carboxylic acids is 4. The fraction of sp³-hybridized carbons (Fsp3) is 0.500. The Morgan fingerprint density at radius 3 is 1.44 bits per heavy atom. The number of nitrogens with zero attached hydrogens (tertiary/aromatic N) is 5. The normalized spacial score (nSPS) is 19.1. The van der Waals surface area contributed by atoms with Crippen molar-refractivity contribution < 1.29 is 38.6 Å². The number of hydrogen-bond acceptors (Lipinski definition) is 8. The largest absolute Gasteiger partial charge is 0.481 e. The van der Waals surface area contributed by atoms with E-state index in [1.807, 2.05) is 72.5 Å². The molecule has 3 fully saturated rings. The van der Waals surface area contributed by atoms with Gasteiger partial charge in [0.2, 0.25) is 11.8 Å². The van der Waals surface area contributed by atoms with Gasteiger partial charge in [0, 0.05) is 63.7 Å². The maximum Gasteiger partial charge on any atom is 0.409 e. The van der Waals surface area contributed by atoms with Crippen molar-refractivity contribution in [3.8, 4) is 0 Å². The molecule has 1 N–H and O–H groups in total. The molecule has 3 aliphatic heterocycles. The molecular weight excluding hydrogens is 751 g/mol. The molecule has 59 heavy (non-hydrogen) atoms. The molecule has 0 radical (unpaired) electrons. The van der Waals surface area contributed by atoms with Gasteiger partial charge in [0.15, 0.2) is 0 Å². The van der Waals surface area contributed by atoms with Crippen molar-refractivity contribution in [1.82, 2.24) is 14.7 Å². The lowest BCUT2D eigenvalue weighted by Gasteiger charge is -2.34. The molecule has 320 valence electrons. The predicted octanol–water partition coefficient (Wildman–Crippen LogP) is 7.06. The highest BCUT2D eigenvalue weighted by Crippen LogP contribution is 2.25. The molecule has 0 aromatic heterocycles. The molecule has 0 saturated carbocycles. The summed E-state index contributed by atoms with van der Waals surface area (Å²) in [5.74, 6) is -0.959. The highest BCUT2D eigenvalue weighted by atomic mass is 16.5. The number of carboxylic acid groups (broad SMARTS) is 1. The van der Waals surface area contributed by atoms with Crippen LogP contribution in [0, 0.1) is 17.8 Å². The van der Waals surface area contributed by atoms with E-state index in [9.17, 15) is 24.0 Å². The summed E-state index contributed by atoms with van der Waals surface area (Å²) >= 11 is 0. The second-order valence-corrected chi connectivity index (χ2v) is 15.1. The van der Waals surface area contributed by atoms with E-state index in [1.165, 1.54) is 24.7 Å². The molecule has 13 heteroatoms. The van der Waals surface area contributed by atoms with Gasteiger partial charge in [0.05, 0.1) is 32.0 Å². The van der Waals surface area contributed by atoms with Crippen LogP contribution in [0.25, 0.3) is 0 Å². The van der Waals surface area contributed by atoms with Crippen LogP contribution in [0.1, 0.15) is 57.9 Å². The Labute approximate surface area is 349 Å². The molecule has 4 amide bonds. The number of hydrogen-bond donors (Lipinski definition) is 1. The molecule has 0 spiro atoms. The molecule has 3 aliphatic rings. The Bertz CT molecular complexity index is 1750. The number of carboxylic acids is 1. The lowest BCUT2D eigenvalue weighted by molar-refractivity contribution is -0.143. The van der Waals surface area contributed by atoms with Gasteiger partial charge in [-0.1, -0.05) is 66.7 Å². The number of likely N-dealkylation sites (tertiary alicyclic amines) is 3. The molecule has 3 atom stereocenters. The molecular formula is C46H63N5O8. The van der Waals surface area contributed by atoms with Gasteiger partial charge in [0.25, 0.3) is 0 Å². The summed E-state index contributed by atoms with van der Waals surface area (Å²) < 4.78 is 9.26. The van der Waals surface area contributed by atoms with Crippen LogP contribution < -0.4 is 9.80 Å². The number of methoxy groups -OCH3 is 2. The third-order valence-electron chi connectivity index (χ3n) is 11.1. The van der Waals surface area contributed by atoms with E-state index in [0.29, 0.717) is 32.6 Å². The van der Waals surface area contributed by atoms with E-state index in [4.69, 9.17) is 9.84 Å². The molecule has 0 aliphatic carbocycles. The summed E-state index contributed by atoms with van der Waals surface area (Å²) in [7, 11) is 2.67. The summed E-state index contributed by atoms with van der Waals surface area (Å²) in [5.41, 5.74) is 3.28. The zero-order valence-corrected chi connectivity index (χ0v) is 35.2. The highest BCUT2D eigenvalue weighted by molar-refractivity contribution is 5.96. The second-order valence-electron chi connectivity index (χ2n) is 15.1. The van der Waals surface area contributed by atoms with Crippen molar-refractivity contribution in [1.29, 1.82) is 0 Å². The average molecular weight is 814 g/mol. The van der Waals surface area contributed by atoms with Crippen LogP contribution in [0.2, 0.25) is 0 Å². The maximum absolute atomic E-state index is 13.0. The third-order valence-corrected chi connectivity index (χ3v) is 11.1. The van der Waals surface area contributed by atoms with Crippen molar-refractivity contribution >= 4 is 41.3 Å². The fourth-order valence-corrected chi connectivity index (χ4v) is 7.93. The first kappa shape index (κ1) is 46.3. The number of benzene rings is 3. The van der Waals surface area contributed by atoms with Crippen LogP contribution in [0.15, 0.2) is 91.0 Å². The zero-order valence-electron chi connectivity index (χ0n) is 35.2. The molecule has 3 saturated heterocycles. The van der Waals surface area contributed by atoms with Crippen molar-refractivity contribution in [3.05, 3.63) is 96.6 Å². The van der Waals surface area contributed by atoms with E-state index in [0.717, 1.165) is 76.1 Å². The number of ether oxygens (including phenoxy) is 2. The predicted molar refractivity (Wildman–Crippen MR) is 229 cm³/mol. The van der Waals surface area contributed by atoms with Crippen molar-refractivity contribution in [3.63, 3.8) is 0 Å². The van der Waals surface area contributed by atoms with Crippen molar-refractivity contribution in [2.45, 2.75) is 58.8 Å². The van der Waals surface area contributed by atoms with Crippen LogP contribution in [-0.2, 0) is 30.3 Å². The van der Waals surface area contributed by atoms with Crippen LogP contribution in [0.4, 0.5) is 21.0 Å². The summed E-state index contributed by atoms with van der Waals surface area (Å²) in [6.45, 7) is 10.4. The fourth-order valence-electron chi connectivity index (χ4n) is 7.93. The topological polar surface area (TPSA) is 140 Å². The van der Waals surface area contributed by atoms with E-state index in [1.54, 1.807) is 9.80 Å². The van der Waals surface area contributed by atoms with E-state index < -0.39 is 18.0 Å². The van der Waals surface area contributed by atoms with Crippen molar-refractivity contribution in [2.75, 3.05) is 82.9 Å². The molecule has 3 unspecified atom stereocenters. The number of para-hydroxylation sites is 2. The Hall–Kier alpha value is -5.43.